The van der Waals surface area contributed by atoms with Crippen LogP contribution in [0.15, 0.2) is 58.8 Å². The third-order valence-electron chi connectivity index (χ3n) is 4.67. The zero-order valence-corrected chi connectivity index (χ0v) is 15.9. The fourth-order valence-corrected chi connectivity index (χ4v) is 3.12. The third kappa shape index (κ3) is 5.04. The van der Waals surface area contributed by atoms with Gasteiger partial charge in [-0.15, -0.1) is 0 Å². The number of hydrogen-bond acceptors (Lipinski definition) is 5. The molecule has 1 saturated heterocycles. The van der Waals surface area contributed by atoms with Crippen molar-refractivity contribution in [2.75, 3.05) is 33.3 Å². The van der Waals surface area contributed by atoms with Gasteiger partial charge in [0.15, 0.2) is 0 Å². The first-order valence-electron chi connectivity index (χ1n) is 9.03. The molecule has 0 saturated carbocycles. The summed E-state index contributed by atoms with van der Waals surface area (Å²) in [4.78, 5) is 21.9. The summed E-state index contributed by atoms with van der Waals surface area (Å²) in [7, 11) is 1.75. The Kier molecular flexibility index (Phi) is 6.67. The predicted octanol–water partition coefficient (Wildman–Crippen LogP) is 4.67. The van der Waals surface area contributed by atoms with E-state index < -0.39 is 0 Å². The molecule has 0 bridgehead atoms. The Hall–Kier alpha value is -3.55. The van der Waals surface area contributed by atoms with Crippen LogP contribution in [-0.4, -0.2) is 49.0 Å². The zero-order valence-electron chi connectivity index (χ0n) is 15.9. The van der Waals surface area contributed by atoms with Crippen LogP contribution in [-0.2, 0) is 4.74 Å². The number of likely N-dealkylation sites (N-methyl/N-ethyl adjacent to an activating group) is 1. The summed E-state index contributed by atoms with van der Waals surface area (Å²) in [5.74, 6) is -0.104. The second-order valence-electron chi connectivity index (χ2n) is 6.50. The molecule has 0 spiro atoms. The number of hydrogen-bond donors (Lipinski definition) is 0. The average molecular weight is 392 g/mol. The predicted molar refractivity (Wildman–Crippen MR) is 108 cm³/mol. The van der Waals surface area contributed by atoms with Gasteiger partial charge in [-0.25, -0.2) is 0 Å². The number of azide groups is 2. The number of benzene rings is 2. The van der Waals surface area contributed by atoms with Crippen LogP contribution in [0.5, 0.6) is 0 Å². The van der Waals surface area contributed by atoms with E-state index in [1.54, 1.807) is 48.3 Å². The lowest BCUT2D eigenvalue weighted by atomic mass is 10.1. The molecule has 10 nitrogen and oxygen atoms in total. The van der Waals surface area contributed by atoms with Crippen LogP contribution in [0, 0.1) is 0 Å². The fraction of sp³-hybridized carbons (Fsp3) is 0.316. The molecule has 0 N–H and O–H groups in total. The monoisotopic (exact) mass is 392 g/mol. The zero-order chi connectivity index (χ0) is 20.6. The molecule has 2 aromatic carbocycles. The van der Waals surface area contributed by atoms with Crippen molar-refractivity contribution in [1.29, 1.82) is 0 Å². The summed E-state index contributed by atoms with van der Waals surface area (Å²) in [6, 6.07) is 13.8. The SMILES string of the molecule is CN(CCN1CCOC1c1ccc(N=[N+]=[N-])cc1)C(=O)c1ccc(N=[N+]=[N-])cc1. The van der Waals surface area contributed by atoms with Gasteiger partial charge in [-0.1, -0.05) is 46.6 Å². The smallest absolute Gasteiger partial charge is 0.253 e. The highest BCUT2D eigenvalue weighted by Crippen LogP contribution is 2.28. The van der Waals surface area contributed by atoms with Gasteiger partial charge in [-0.3, -0.25) is 9.69 Å². The number of carbonyl (C=O) groups excluding carboxylic acids is 1. The van der Waals surface area contributed by atoms with E-state index in [2.05, 4.69) is 25.0 Å². The summed E-state index contributed by atoms with van der Waals surface area (Å²) < 4.78 is 5.84. The maximum atomic E-state index is 12.6. The van der Waals surface area contributed by atoms with Crippen LogP contribution < -0.4 is 0 Å². The van der Waals surface area contributed by atoms with Crippen molar-refractivity contribution in [1.82, 2.24) is 9.80 Å². The molecule has 2 aromatic rings. The third-order valence-corrected chi connectivity index (χ3v) is 4.67. The van der Waals surface area contributed by atoms with Crippen molar-refractivity contribution >= 4 is 17.3 Å². The van der Waals surface area contributed by atoms with Gasteiger partial charge >= 0.3 is 0 Å². The molecule has 1 heterocycles. The lowest BCUT2D eigenvalue weighted by molar-refractivity contribution is 0.0286. The lowest BCUT2D eigenvalue weighted by Gasteiger charge is -2.26. The van der Waals surface area contributed by atoms with E-state index >= 15 is 0 Å². The number of amides is 1. The van der Waals surface area contributed by atoms with Gasteiger partial charge in [-0.05, 0) is 28.8 Å². The minimum absolute atomic E-state index is 0.104. The van der Waals surface area contributed by atoms with Gasteiger partial charge < -0.3 is 9.64 Å². The molecule has 29 heavy (non-hydrogen) atoms. The maximum Gasteiger partial charge on any atom is 0.253 e. The van der Waals surface area contributed by atoms with E-state index in [9.17, 15) is 4.79 Å². The van der Waals surface area contributed by atoms with Crippen LogP contribution in [0.4, 0.5) is 11.4 Å². The summed E-state index contributed by atoms with van der Waals surface area (Å²) >= 11 is 0. The summed E-state index contributed by atoms with van der Waals surface area (Å²) in [5.41, 5.74) is 19.5. The van der Waals surface area contributed by atoms with E-state index in [1.807, 2.05) is 12.1 Å². The highest BCUT2D eigenvalue weighted by atomic mass is 16.5. The first-order valence-corrected chi connectivity index (χ1v) is 9.03. The molecular weight excluding hydrogens is 372 g/mol. The fourth-order valence-electron chi connectivity index (χ4n) is 3.12. The van der Waals surface area contributed by atoms with E-state index in [-0.39, 0.29) is 12.1 Å². The van der Waals surface area contributed by atoms with E-state index in [0.717, 1.165) is 12.1 Å². The van der Waals surface area contributed by atoms with Gasteiger partial charge in [0.1, 0.15) is 6.23 Å². The molecule has 0 aliphatic carbocycles. The van der Waals surface area contributed by atoms with Crippen molar-refractivity contribution in [3.63, 3.8) is 0 Å². The average Bonchev–Trinajstić information content (AvgIpc) is 3.22. The Morgan fingerprint density at radius 3 is 2.28 bits per heavy atom. The molecule has 148 valence electrons. The van der Waals surface area contributed by atoms with Crippen molar-refractivity contribution < 1.29 is 9.53 Å². The second kappa shape index (κ2) is 9.59. The quantitative estimate of drug-likeness (QED) is 0.385. The van der Waals surface area contributed by atoms with Crippen LogP contribution in [0.1, 0.15) is 22.1 Å². The molecule has 1 amide bonds. The van der Waals surface area contributed by atoms with Crippen molar-refractivity contribution in [3.05, 3.63) is 80.5 Å². The highest BCUT2D eigenvalue weighted by Gasteiger charge is 2.27. The van der Waals surface area contributed by atoms with Crippen molar-refractivity contribution in [2.24, 2.45) is 10.2 Å². The summed E-state index contributed by atoms with van der Waals surface area (Å²) in [5, 5.41) is 7.08. The van der Waals surface area contributed by atoms with Crippen molar-refractivity contribution in [2.45, 2.75) is 6.23 Å². The van der Waals surface area contributed by atoms with Crippen LogP contribution in [0.25, 0.3) is 20.9 Å². The Bertz CT molecular complexity index is 947. The maximum absolute atomic E-state index is 12.6. The van der Waals surface area contributed by atoms with Gasteiger partial charge in [-0.2, -0.15) is 0 Å². The molecule has 3 rings (SSSR count). The second-order valence-corrected chi connectivity index (χ2v) is 6.50. The molecule has 10 heteroatoms. The van der Waals surface area contributed by atoms with Crippen molar-refractivity contribution in [3.8, 4) is 0 Å². The van der Waals surface area contributed by atoms with Crippen LogP contribution in [0.2, 0.25) is 0 Å². The van der Waals surface area contributed by atoms with Gasteiger partial charge in [0.05, 0.1) is 6.61 Å². The Morgan fingerprint density at radius 2 is 1.69 bits per heavy atom. The molecular formula is C19H20N8O2. The molecule has 0 aromatic heterocycles. The van der Waals surface area contributed by atoms with E-state index in [0.29, 0.717) is 36.6 Å². The van der Waals surface area contributed by atoms with E-state index in [1.165, 1.54) is 0 Å². The van der Waals surface area contributed by atoms with Crippen LogP contribution in [0.3, 0.4) is 0 Å². The largest absolute Gasteiger partial charge is 0.358 e. The Balaban J connectivity index is 1.59. The molecule has 1 unspecified atom stereocenters. The Morgan fingerprint density at radius 1 is 1.10 bits per heavy atom. The summed E-state index contributed by atoms with van der Waals surface area (Å²) in [6.07, 6.45) is -0.193. The van der Waals surface area contributed by atoms with Gasteiger partial charge in [0.2, 0.25) is 0 Å². The highest BCUT2D eigenvalue weighted by molar-refractivity contribution is 5.94. The normalized spacial score (nSPS) is 16.0. The number of carbonyl (C=O) groups is 1. The molecule has 1 fully saturated rings. The molecule has 0 radical (unpaired) electrons. The molecule has 1 aliphatic heterocycles. The first kappa shape index (κ1) is 20.2. The standard InChI is InChI=1S/C19H20N8O2/c1-26(18(28)14-2-6-16(7-3-14)22-24-20)10-11-27-12-13-29-19(27)15-4-8-17(9-5-15)23-25-21/h2-9,19H,10-13H2,1H3. The molecule has 1 aliphatic rings. The van der Waals surface area contributed by atoms with Crippen LogP contribution >= 0.6 is 0 Å². The van der Waals surface area contributed by atoms with Gasteiger partial charge in [0, 0.05) is 53.4 Å². The van der Waals surface area contributed by atoms with E-state index in [4.69, 9.17) is 15.8 Å². The summed E-state index contributed by atoms with van der Waals surface area (Å²) in [6.45, 7) is 2.57. The van der Waals surface area contributed by atoms with Gasteiger partial charge in [0.25, 0.3) is 5.91 Å². The number of rotatable bonds is 7. The Labute approximate surface area is 167 Å². The topological polar surface area (TPSA) is 130 Å². The first-order chi connectivity index (χ1) is 14.1. The number of ether oxygens (including phenoxy) is 1. The lowest BCUT2D eigenvalue weighted by Crippen LogP contribution is -2.36. The minimum Gasteiger partial charge on any atom is -0.358 e. The minimum atomic E-state index is -0.193. The molecule has 1 atom stereocenters. The number of nitrogens with zero attached hydrogens (tertiary/aromatic N) is 8.